The molecule has 1 heterocycles. The molecule has 0 radical (unpaired) electrons. The standard InChI is InChI=1S/C19H33N5O6S/c1-10(2)8-12(22-16(26)11(20)5-6-15(21)25)17(27)23-13(9-31)18(28)24-7-3-4-14(24)19(29)30/h10-14,31H,3-9,20H2,1-2H3,(H2,21,25)(H,22,26)(H,23,27)(H,29,30). The molecule has 12 heteroatoms. The molecular weight excluding hydrogens is 426 g/mol. The molecule has 31 heavy (non-hydrogen) atoms. The number of likely N-dealkylation sites (tertiary alicyclic amines) is 1. The third kappa shape index (κ3) is 8.37. The molecule has 0 bridgehead atoms. The number of carboxylic acids is 1. The predicted molar refractivity (Wildman–Crippen MR) is 116 cm³/mol. The zero-order chi connectivity index (χ0) is 23.7. The molecule has 1 fully saturated rings. The van der Waals surface area contributed by atoms with Gasteiger partial charge in [0, 0.05) is 18.7 Å². The third-order valence-electron chi connectivity index (χ3n) is 5.00. The first-order chi connectivity index (χ1) is 14.5. The van der Waals surface area contributed by atoms with Crippen molar-refractivity contribution in [3.8, 4) is 0 Å². The maximum atomic E-state index is 12.8. The maximum Gasteiger partial charge on any atom is 0.326 e. The summed E-state index contributed by atoms with van der Waals surface area (Å²) in [4.78, 5) is 61.5. The molecule has 0 aromatic heterocycles. The van der Waals surface area contributed by atoms with Crippen LogP contribution in [0, 0.1) is 5.92 Å². The van der Waals surface area contributed by atoms with Gasteiger partial charge in [0.25, 0.3) is 0 Å². The summed E-state index contributed by atoms with van der Waals surface area (Å²) < 4.78 is 0. The molecule has 4 atom stereocenters. The molecule has 7 N–H and O–H groups in total. The van der Waals surface area contributed by atoms with Gasteiger partial charge in [0.15, 0.2) is 0 Å². The SMILES string of the molecule is CC(C)CC(NC(=O)C(N)CCC(N)=O)C(=O)NC(CS)C(=O)N1CCCC1C(=O)O. The van der Waals surface area contributed by atoms with E-state index in [9.17, 15) is 29.1 Å². The Morgan fingerprint density at radius 3 is 2.26 bits per heavy atom. The molecule has 1 rings (SSSR count). The van der Waals surface area contributed by atoms with Gasteiger partial charge in [0.05, 0.1) is 6.04 Å². The van der Waals surface area contributed by atoms with Crippen LogP contribution in [0.25, 0.3) is 0 Å². The van der Waals surface area contributed by atoms with E-state index in [1.54, 1.807) is 0 Å². The lowest BCUT2D eigenvalue weighted by Crippen LogP contribution is -2.58. The number of amides is 4. The summed E-state index contributed by atoms with van der Waals surface area (Å²) in [5, 5.41) is 14.4. The lowest BCUT2D eigenvalue weighted by Gasteiger charge is -2.28. The van der Waals surface area contributed by atoms with E-state index in [0.29, 0.717) is 12.8 Å². The number of carbonyl (C=O) groups excluding carboxylic acids is 4. The zero-order valence-electron chi connectivity index (χ0n) is 17.9. The average molecular weight is 460 g/mol. The number of carboxylic acid groups (broad SMARTS) is 1. The van der Waals surface area contributed by atoms with Crippen LogP contribution in [-0.4, -0.2) is 76.1 Å². The minimum absolute atomic E-state index is 0.0338. The van der Waals surface area contributed by atoms with E-state index < -0.39 is 53.8 Å². The largest absolute Gasteiger partial charge is 0.480 e. The smallest absolute Gasteiger partial charge is 0.326 e. The number of hydrogen-bond acceptors (Lipinski definition) is 7. The van der Waals surface area contributed by atoms with E-state index >= 15 is 0 Å². The number of nitrogens with two attached hydrogens (primary N) is 2. The average Bonchev–Trinajstić information content (AvgIpc) is 3.18. The van der Waals surface area contributed by atoms with Gasteiger partial charge in [-0.2, -0.15) is 12.6 Å². The molecule has 0 aromatic rings. The molecule has 176 valence electrons. The highest BCUT2D eigenvalue weighted by Gasteiger charge is 2.38. The zero-order valence-corrected chi connectivity index (χ0v) is 18.8. The summed E-state index contributed by atoms with van der Waals surface area (Å²) in [7, 11) is 0. The van der Waals surface area contributed by atoms with Crippen LogP contribution in [0.15, 0.2) is 0 Å². The molecule has 0 saturated carbocycles. The molecule has 0 spiro atoms. The molecule has 4 unspecified atom stereocenters. The molecule has 4 amide bonds. The number of nitrogens with zero attached hydrogens (tertiary/aromatic N) is 1. The van der Waals surface area contributed by atoms with Crippen LogP contribution in [-0.2, 0) is 24.0 Å². The number of nitrogens with one attached hydrogen (secondary N) is 2. The van der Waals surface area contributed by atoms with Gasteiger partial charge in [0.2, 0.25) is 23.6 Å². The van der Waals surface area contributed by atoms with Crippen LogP contribution in [0.4, 0.5) is 0 Å². The highest BCUT2D eigenvalue weighted by molar-refractivity contribution is 7.80. The van der Waals surface area contributed by atoms with E-state index in [-0.39, 0.29) is 37.5 Å². The van der Waals surface area contributed by atoms with Gasteiger partial charge in [-0.15, -0.1) is 0 Å². The van der Waals surface area contributed by atoms with E-state index in [1.165, 1.54) is 4.90 Å². The molecule has 0 aromatic carbocycles. The second kappa shape index (κ2) is 12.5. The van der Waals surface area contributed by atoms with Crippen molar-refractivity contribution in [1.29, 1.82) is 0 Å². The van der Waals surface area contributed by atoms with Gasteiger partial charge in [-0.3, -0.25) is 19.2 Å². The van der Waals surface area contributed by atoms with Crippen molar-refractivity contribution in [3.63, 3.8) is 0 Å². The van der Waals surface area contributed by atoms with E-state index in [2.05, 4.69) is 23.3 Å². The highest BCUT2D eigenvalue weighted by atomic mass is 32.1. The number of primary amides is 1. The summed E-state index contributed by atoms with van der Waals surface area (Å²) in [6.45, 7) is 4.02. The van der Waals surface area contributed by atoms with Crippen molar-refractivity contribution in [1.82, 2.24) is 15.5 Å². The Morgan fingerprint density at radius 1 is 1.13 bits per heavy atom. The molecule has 1 aliphatic rings. The lowest BCUT2D eigenvalue weighted by atomic mass is 10.0. The van der Waals surface area contributed by atoms with Crippen molar-refractivity contribution in [3.05, 3.63) is 0 Å². The Hall–Kier alpha value is -2.34. The van der Waals surface area contributed by atoms with Crippen molar-refractivity contribution < 1.29 is 29.1 Å². The van der Waals surface area contributed by atoms with Crippen molar-refractivity contribution in [2.24, 2.45) is 17.4 Å². The molecule has 11 nitrogen and oxygen atoms in total. The summed E-state index contributed by atoms with van der Waals surface area (Å²) >= 11 is 4.13. The fourth-order valence-corrected chi connectivity index (χ4v) is 3.60. The van der Waals surface area contributed by atoms with Crippen molar-refractivity contribution in [2.45, 2.75) is 70.1 Å². The number of carbonyl (C=O) groups is 5. The monoisotopic (exact) mass is 459 g/mol. The van der Waals surface area contributed by atoms with E-state index in [4.69, 9.17) is 11.5 Å². The van der Waals surface area contributed by atoms with Crippen LogP contribution in [0.2, 0.25) is 0 Å². The molecule has 0 aliphatic carbocycles. The van der Waals surface area contributed by atoms with Crippen LogP contribution in [0.5, 0.6) is 0 Å². The first-order valence-electron chi connectivity index (χ1n) is 10.3. The fraction of sp³-hybridized carbons (Fsp3) is 0.737. The highest BCUT2D eigenvalue weighted by Crippen LogP contribution is 2.19. The number of rotatable bonds is 12. The Morgan fingerprint density at radius 2 is 1.74 bits per heavy atom. The predicted octanol–water partition coefficient (Wildman–Crippen LogP) is -1.40. The number of aliphatic carboxylic acids is 1. The molecule has 1 aliphatic heterocycles. The Labute approximate surface area is 187 Å². The van der Waals surface area contributed by atoms with Gasteiger partial charge in [-0.1, -0.05) is 13.8 Å². The van der Waals surface area contributed by atoms with E-state index in [1.807, 2.05) is 13.8 Å². The Balaban J connectivity index is 2.84. The lowest BCUT2D eigenvalue weighted by molar-refractivity contribution is -0.149. The molecule has 1 saturated heterocycles. The maximum absolute atomic E-state index is 12.8. The topological polar surface area (TPSA) is 185 Å². The first kappa shape index (κ1) is 26.7. The number of thiol groups is 1. The second-order valence-corrected chi connectivity index (χ2v) is 8.44. The van der Waals surface area contributed by atoms with Crippen molar-refractivity contribution >= 4 is 42.2 Å². The van der Waals surface area contributed by atoms with Crippen LogP contribution >= 0.6 is 12.6 Å². The second-order valence-electron chi connectivity index (χ2n) is 8.07. The Bertz CT molecular complexity index is 689. The van der Waals surface area contributed by atoms with Gasteiger partial charge in [-0.25, -0.2) is 4.79 Å². The van der Waals surface area contributed by atoms with Gasteiger partial charge in [-0.05, 0) is 31.6 Å². The van der Waals surface area contributed by atoms with Gasteiger partial charge >= 0.3 is 5.97 Å². The summed E-state index contributed by atoms with van der Waals surface area (Å²) in [5.74, 6) is -3.40. The summed E-state index contributed by atoms with van der Waals surface area (Å²) in [6.07, 6.45) is 1.18. The quantitative estimate of drug-likeness (QED) is 0.194. The van der Waals surface area contributed by atoms with Crippen LogP contribution in [0.1, 0.15) is 46.0 Å². The Kier molecular flexibility index (Phi) is 10.8. The summed E-state index contributed by atoms with van der Waals surface area (Å²) in [5.41, 5.74) is 10.8. The number of hydrogen-bond donors (Lipinski definition) is 6. The minimum atomic E-state index is -1.09. The van der Waals surface area contributed by atoms with E-state index in [0.717, 1.165) is 0 Å². The van der Waals surface area contributed by atoms with Gasteiger partial charge < -0.3 is 32.1 Å². The summed E-state index contributed by atoms with van der Waals surface area (Å²) in [6, 6.07) is -3.94. The van der Waals surface area contributed by atoms with Crippen molar-refractivity contribution in [2.75, 3.05) is 12.3 Å². The van der Waals surface area contributed by atoms with Crippen LogP contribution in [0.3, 0.4) is 0 Å². The fourth-order valence-electron chi connectivity index (χ4n) is 3.36. The third-order valence-corrected chi connectivity index (χ3v) is 5.36. The van der Waals surface area contributed by atoms with Crippen LogP contribution < -0.4 is 22.1 Å². The minimum Gasteiger partial charge on any atom is -0.480 e. The molecular formula is C19H33N5O6S. The first-order valence-corrected chi connectivity index (χ1v) is 10.9. The normalized spacial score (nSPS) is 18.9. The van der Waals surface area contributed by atoms with Gasteiger partial charge in [0.1, 0.15) is 18.1 Å².